The second-order valence-corrected chi connectivity index (χ2v) is 8.21. The van der Waals surface area contributed by atoms with Crippen LogP contribution in [0.1, 0.15) is 30.7 Å². The maximum Gasteiger partial charge on any atom is 0.404 e. The lowest BCUT2D eigenvalue weighted by Gasteiger charge is -2.31. The number of hydrogen-bond acceptors (Lipinski definition) is 5. The van der Waals surface area contributed by atoms with Gasteiger partial charge in [-0.2, -0.15) is 11.8 Å². The van der Waals surface area contributed by atoms with Crippen LogP contribution in [0.2, 0.25) is 0 Å². The van der Waals surface area contributed by atoms with E-state index in [1.807, 2.05) is 36.9 Å². The summed E-state index contributed by atoms with van der Waals surface area (Å²) in [5.74, 6) is 1.46. The van der Waals surface area contributed by atoms with Gasteiger partial charge in [-0.25, -0.2) is 9.78 Å². The van der Waals surface area contributed by atoms with E-state index in [0.717, 1.165) is 55.8 Å². The van der Waals surface area contributed by atoms with Crippen LogP contribution in [0.15, 0.2) is 23.0 Å². The number of fused-ring (bicyclic) bond motifs is 1. The molecular formula is C19H26N4O3S. The fourth-order valence-corrected chi connectivity index (χ4v) is 4.49. The standard InChI is InChI=1S/C19H26N4O3S/c1-13-4-2-5-15-17(13)21-16(22-18(15)24)12-27-14-6-10-23(11-7-14)9-3-8-20-19(25)26/h2,4-5,14,20H,3,6-12H2,1H3,(H,25,26)(H,21,22,24). The number of aryl methyl sites for hydroxylation is 1. The van der Waals surface area contributed by atoms with Gasteiger partial charge in [0.15, 0.2) is 0 Å². The predicted octanol–water partition coefficient (Wildman–Crippen LogP) is 2.59. The molecule has 27 heavy (non-hydrogen) atoms. The predicted molar refractivity (Wildman–Crippen MR) is 109 cm³/mol. The quantitative estimate of drug-likeness (QED) is 0.629. The third-order valence-corrected chi connectivity index (χ3v) is 6.29. The number of aromatic nitrogens is 2. The van der Waals surface area contributed by atoms with Gasteiger partial charge in [0.1, 0.15) is 5.82 Å². The van der Waals surface area contributed by atoms with Gasteiger partial charge in [0, 0.05) is 11.8 Å². The molecule has 2 heterocycles. The van der Waals surface area contributed by atoms with E-state index >= 15 is 0 Å². The minimum Gasteiger partial charge on any atom is -0.465 e. The molecule has 1 aliphatic heterocycles. The Labute approximate surface area is 162 Å². The van der Waals surface area contributed by atoms with Gasteiger partial charge < -0.3 is 20.3 Å². The highest BCUT2D eigenvalue weighted by molar-refractivity contribution is 7.99. The van der Waals surface area contributed by atoms with E-state index in [9.17, 15) is 9.59 Å². The first kappa shape index (κ1) is 19.7. The molecule has 3 N–H and O–H groups in total. The smallest absolute Gasteiger partial charge is 0.404 e. The second kappa shape index (κ2) is 9.23. The number of rotatable bonds is 7. The van der Waals surface area contributed by atoms with Crippen LogP contribution in [0.4, 0.5) is 4.79 Å². The van der Waals surface area contributed by atoms with E-state index in [4.69, 9.17) is 5.11 Å². The summed E-state index contributed by atoms with van der Waals surface area (Å²) in [5, 5.41) is 12.2. The number of nitrogens with zero attached hydrogens (tertiary/aromatic N) is 2. The van der Waals surface area contributed by atoms with Crippen LogP contribution < -0.4 is 10.9 Å². The molecule has 146 valence electrons. The first-order chi connectivity index (χ1) is 13.0. The molecule has 1 aliphatic rings. The summed E-state index contributed by atoms with van der Waals surface area (Å²) in [4.78, 5) is 32.7. The van der Waals surface area contributed by atoms with Gasteiger partial charge in [0.05, 0.1) is 16.7 Å². The van der Waals surface area contributed by atoms with Gasteiger partial charge in [-0.3, -0.25) is 4.79 Å². The van der Waals surface area contributed by atoms with E-state index in [1.54, 1.807) is 0 Å². The molecule has 1 saturated heterocycles. The van der Waals surface area contributed by atoms with Gasteiger partial charge in [-0.05, 0) is 57.5 Å². The van der Waals surface area contributed by atoms with Crippen molar-refractivity contribution in [2.45, 2.75) is 37.2 Å². The molecule has 0 bridgehead atoms. The number of carboxylic acid groups (broad SMARTS) is 1. The van der Waals surface area contributed by atoms with Gasteiger partial charge >= 0.3 is 6.09 Å². The lowest BCUT2D eigenvalue weighted by atomic mass is 10.1. The van der Waals surface area contributed by atoms with Crippen molar-refractivity contribution in [2.24, 2.45) is 0 Å². The lowest BCUT2D eigenvalue weighted by molar-refractivity contribution is 0.192. The van der Waals surface area contributed by atoms with Crippen LogP contribution in [0, 0.1) is 6.92 Å². The number of aromatic amines is 1. The molecule has 0 saturated carbocycles. The average Bonchev–Trinajstić information content (AvgIpc) is 2.65. The summed E-state index contributed by atoms with van der Waals surface area (Å²) in [6.45, 7) is 5.48. The number of thioether (sulfide) groups is 1. The van der Waals surface area contributed by atoms with E-state index in [2.05, 4.69) is 20.2 Å². The monoisotopic (exact) mass is 390 g/mol. The molecule has 1 aromatic heterocycles. The third kappa shape index (κ3) is 5.46. The van der Waals surface area contributed by atoms with Crippen molar-refractivity contribution in [1.82, 2.24) is 20.2 Å². The van der Waals surface area contributed by atoms with Gasteiger partial charge in [-0.15, -0.1) is 0 Å². The Hall–Kier alpha value is -2.06. The number of H-pyrrole nitrogens is 1. The fraction of sp³-hybridized carbons (Fsp3) is 0.526. The van der Waals surface area contributed by atoms with Gasteiger partial charge in [0.25, 0.3) is 5.56 Å². The molecule has 0 radical (unpaired) electrons. The van der Waals surface area contributed by atoms with Crippen molar-refractivity contribution in [3.63, 3.8) is 0 Å². The van der Waals surface area contributed by atoms with Crippen LogP contribution in [0.3, 0.4) is 0 Å². The largest absolute Gasteiger partial charge is 0.465 e. The van der Waals surface area contributed by atoms with E-state index in [1.165, 1.54) is 0 Å². The van der Waals surface area contributed by atoms with E-state index in [-0.39, 0.29) is 5.56 Å². The number of amides is 1. The van der Waals surface area contributed by atoms with Crippen LogP contribution in [0.5, 0.6) is 0 Å². The van der Waals surface area contributed by atoms with Gasteiger partial charge in [0.2, 0.25) is 0 Å². The highest BCUT2D eigenvalue weighted by Crippen LogP contribution is 2.26. The topological polar surface area (TPSA) is 98.3 Å². The minimum absolute atomic E-state index is 0.0657. The summed E-state index contributed by atoms with van der Waals surface area (Å²) in [7, 11) is 0. The molecule has 2 aromatic rings. The Kier molecular flexibility index (Phi) is 6.73. The summed E-state index contributed by atoms with van der Waals surface area (Å²) in [5.41, 5.74) is 1.75. The number of likely N-dealkylation sites (tertiary alicyclic amines) is 1. The highest BCUT2D eigenvalue weighted by atomic mass is 32.2. The van der Waals surface area contributed by atoms with Crippen LogP contribution >= 0.6 is 11.8 Å². The summed E-state index contributed by atoms with van der Waals surface area (Å²) < 4.78 is 0. The first-order valence-corrected chi connectivity index (χ1v) is 10.4. The Morgan fingerprint density at radius 1 is 1.41 bits per heavy atom. The zero-order chi connectivity index (χ0) is 19.2. The first-order valence-electron chi connectivity index (χ1n) is 9.32. The van der Waals surface area contributed by atoms with Crippen LogP contribution in [0.25, 0.3) is 10.9 Å². The molecule has 1 aromatic carbocycles. The number of para-hydroxylation sites is 1. The van der Waals surface area contributed by atoms with E-state index < -0.39 is 6.09 Å². The number of hydrogen-bond donors (Lipinski definition) is 3. The lowest BCUT2D eigenvalue weighted by Crippen LogP contribution is -2.36. The molecule has 3 rings (SSSR count). The van der Waals surface area contributed by atoms with Crippen LogP contribution in [-0.2, 0) is 5.75 Å². The zero-order valence-electron chi connectivity index (χ0n) is 15.5. The Bertz CT molecular complexity index is 846. The zero-order valence-corrected chi connectivity index (χ0v) is 16.3. The molecule has 7 nitrogen and oxygen atoms in total. The van der Waals surface area contributed by atoms with Crippen molar-refractivity contribution < 1.29 is 9.90 Å². The molecule has 8 heteroatoms. The van der Waals surface area contributed by atoms with Gasteiger partial charge in [-0.1, -0.05) is 12.1 Å². The summed E-state index contributed by atoms with van der Waals surface area (Å²) >= 11 is 1.86. The maximum absolute atomic E-state index is 12.3. The van der Waals surface area contributed by atoms with E-state index in [0.29, 0.717) is 22.9 Å². The number of piperidine rings is 1. The number of carbonyl (C=O) groups is 1. The molecule has 0 unspecified atom stereocenters. The number of benzene rings is 1. The molecule has 0 spiro atoms. The normalized spacial score (nSPS) is 15.9. The number of nitrogens with one attached hydrogen (secondary N) is 2. The average molecular weight is 391 g/mol. The Morgan fingerprint density at radius 3 is 2.93 bits per heavy atom. The highest BCUT2D eigenvalue weighted by Gasteiger charge is 2.19. The molecule has 0 atom stereocenters. The SMILES string of the molecule is Cc1cccc2c(=O)[nH]c(CSC3CCN(CCCNC(=O)O)CC3)nc12. The summed E-state index contributed by atoms with van der Waals surface area (Å²) in [6.07, 6.45) is 2.09. The Morgan fingerprint density at radius 2 is 2.19 bits per heavy atom. The van der Waals surface area contributed by atoms with Crippen molar-refractivity contribution in [1.29, 1.82) is 0 Å². The Balaban J connectivity index is 1.46. The van der Waals surface area contributed by atoms with Crippen molar-refractivity contribution >= 4 is 28.8 Å². The summed E-state index contributed by atoms with van der Waals surface area (Å²) in [6, 6.07) is 5.68. The fourth-order valence-electron chi connectivity index (χ4n) is 3.41. The van der Waals surface area contributed by atoms with Crippen molar-refractivity contribution in [2.75, 3.05) is 26.2 Å². The molecule has 0 aliphatic carbocycles. The van der Waals surface area contributed by atoms with Crippen molar-refractivity contribution in [3.05, 3.63) is 39.9 Å². The second-order valence-electron chi connectivity index (χ2n) is 6.92. The van der Waals surface area contributed by atoms with Crippen molar-refractivity contribution in [3.8, 4) is 0 Å². The third-order valence-electron chi connectivity index (χ3n) is 4.90. The maximum atomic E-state index is 12.3. The van der Waals surface area contributed by atoms with Crippen LogP contribution in [-0.4, -0.2) is 57.5 Å². The molecular weight excluding hydrogens is 364 g/mol. The minimum atomic E-state index is -0.958. The molecule has 1 amide bonds. The molecule has 1 fully saturated rings.